The van der Waals surface area contributed by atoms with E-state index in [4.69, 9.17) is 9.47 Å². The van der Waals surface area contributed by atoms with Crippen LogP contribution in [-0.4, -0.2) is 23.8 Å². The fraction of sp³-hybridized carbons (Fsp3) is 0.909. The zero-order chi connectivity index (χ0) is 10.3. The smallest absolute Gasteiger partial charge is 0.303 e. The van der Waals surface area contributed by atoms with E-state index in [-0.39, 0.29) is 11.6 Å². The first-order chi connectivity index (χ1) is 6.49. The van der Waals surface area contributed by atoms with Gasteiger partial charge in [0.25, 0.3) is 0 Å². The van der Waals surface area contributed by atoms with Crippen LogP contribution in [0.4, 0.5) is 0 Å². The van der Waals surface area contributed by atoms with Crippen molar-refractivity contribution in [2.45, 2.75) is 57.8 Å². The van der Waals surface area contributed by atoms with Crippen LogP contribution in [0, 0.1) is 5.92 Å². The maximum atomic E-state index is 11.0. The van der Waals surface area contributed by atoms with Gasteiger partial charge in [-0.25, -0.2) is 0 Å². The number of fused-ring (bicyclic) bond motifs is 2. The Morgan fingerprint density at radius 2 is 2.14 bits per heavy atom. The van der Waals surface area contributed by atoms with Crippen LogP contribution in [0.3, 0.4) is 0 Å². The highest BCUT2D eigenvalue weighted by Crippen LogP contribution is 2.44. The van der Waals surface area contributed by atoms with Gasteiger partial charge >= 0.3 is 5.97 Å². The second kappa shape index (κ2) is 3.23. The lowest BCUT2D eigenvalue weighted by molar-refractivity contribution is -0.160. The summed E-state index contributed by atoms with van der Waals surface area (Å²) in [5.74, 6) is 0.183. The molecule has 0 amide bonds. The Kier molecular flexibility index (Phi) is 2.30. The zero-order valence-corrected chi connectivity index (χ0v) is 9.08. The number of ether oxygens (including phenoxy) is 2. The van der Waals surface area contributed by atoms with Crippen molar-refractivity contribution in [3.8, 4) is 0 Å². The maximum Gasteiger partial charge on any atom is 0.303 e. The van der Waals surface area contributed by atoms with E-state index >= 15 is 0 Å². The second-order valence-corrected chi connectivity index (χ2v) is 4.91. The molecule has 3 heteroatoms. The summed E-state index contributed by atoms with van der Waals surface area (Å²) < 4.78 is 11.1. The first kappa shape index (κ1) is 9.97. The molecule has 0 radical (unpaired) electrons. The minimum absolute atomic E-state index is 0.197. The van der Waals surface area contributed by atoms with Crippen molar-refractivity contribution in [3.63, 3.8) is 0 Å². The Bertz CT molecular complexity index is 247. The van der Waals surface area contributed by atoms with E-state index in [1.165, 1.54) is 13.3 Å². The Morgan fingerprint density at radius 1 is 1.43 bits per heavy atom. The van der Waals surface area contributed by atoms with Crippen LogP contribution in [0.25, 0.3) is 0 Å². The molecule has 2 bridgehead atoms. The first-order valence-corrected chi connectivity index (χ1v) is 5.34. The summed E-state index contributed by atoms with van der Waals surface area (Å²) in [4.78, 5) is 11.0. The molecule has 80 valence electrons. The minimum atomic E-state index is -0.369. The third-order valence-electron chi connectivity index (χ3n) is 3.41. The molecule has 0 aliphatic carbocycles. The van der Waals surface area contributed by atoms with Crippen molar-refractivity contribution < 1.29 is 14.3 Å². The highest BCUT2D eigenvalue weighted by molar-refractivity contribution is 5.66. The van der Waals surface area contributed by atoms with Crippen molar-refractivity contribution in [1.29, 1.82) is 0 Å². The molecule has 0 spiro atoms. The van der Waals surface area contributed by atoms with Crippen molar-refractivity contribution >= 4 is 5.97 Å². The van der Waals surface area contributed by atoms with E-state index in [0.717, 1.165) is 12.8 Å². The Labute approximate surface area is 84.8 Å². The lowest BCUT2D eigenvalue weighted by Crippen LogP contribution is -2.41. The fourth-order valence-electron chi connectivity index (χ4n) is 2.82. The van der Waals surface area contributed by atoms with Crippen LogP contribution in [0.2, 0.25) is 0 Å². The minimum Gasteiger partial charge on any atom is -0.459 e. The van der Waals surface area contributed by atoms with E-state index in [9.17, 15) is 4.79 Å². The molecule has 2 heterocycles. The molecule has 2 aliphatic heterocycles. The molecule has 2 aliphatic rings. The molecule has 0 N–H and O–H groups in total. The Balaban J connectivity index is 2.03. The molecule has 2 rings (SSSR count). The SMILES string of the molecule is CC(=O)OC(C)(C)C1CC2CCC1O2. The largest absolute Gasteiger partial charge is 0.459 e. The predicted octanol–water partition coefficient (Wildman–Crippen LogP) is 1.90. The number of carbonyl (C=O) groups excluding carboxylic acids is 1. The lowest BCUT2D eigenvalue weighted by atomic mass is 9.78. The van der Waals surface area contributed by atoms with Crippen LogP contribution in [-0.2, 0) is 14.3 Å². The molecule has 3 nitrogen and oxygen atoms in total. The van der Waals surface area contributed by atoms with Crippen molar-refractivity contribution in [3.05, 3.63) is 0 Å². The molecule has 0 aromatic rings. The molecular weight excluding hydrogens is 180 g/mol. The van der Waals surface area contributed by atoms with Crippen LogP contribution in [0.5, 0.6) is 0 Å². The average molecular weight is 198 g/mol. The van der Waals surface area contributed by atoms with Gasteiger partial charge in [-0.15, -0.1) is 0 Å². The quantitative estimate of drug-likeness (QED) is 0.636. The van der Waals surface area contributed by atoms with Crippen LogP contribution in [0.15, 0.2) is 0 Å². The van der Waals surface area contributed by atoms with Crippen LogP contribution >= 0.6 is 0 Å². The first-order valence-electron chi connectivity index (χ1n) is 5.34. The highest BCUT2D eigenvalue weighted by Gasteiger charge is 2.49. The van der Waals surface area contributed by atoms with Gasteiger partial charge in [0.05, 0.1) is 12.2 Å². The molecule has 0 aromatic carbocycles. The number of esters is 1. The van der Waals surface area contributed by atoms with E-state index in [1.807, 2.05) is 13.8 Å². The Hall–Kier alpha value is -0.570. The molecule has 14 heavy (non-hydrogen) atoms. The lowest BCUT2D eigenvalue weighted by Gasteiger charge is -2.34. The summed E-state index contributed by atoms with van der Waals surface area (Å²) in [6.45, 7) is 5.45. The average Bonchev–Trinajstić information content (AvgIpc) is 2.60. The van der Waals surface area contributed by atoms with Crippen molar-refractivity contribution in [2.75, 3.05) is 0 Å². The monoisotopic (exact) mass is 198 g/mol. The number of carbonyl (C=O) groups is 1. The summed E-state index contributed by atoms with van der Waals surface area (Å²) in [5, 5.41) is 0. The number of hydrogen-bond donors (Lipinski definition) is 0. The van der Waals surface area contributed by atoms with Gasteiger partial charge in [0.15, 0.2) is 0 Å². The summed E-state index contributed by atoms with van der Waals surface area (Å²) in [6.07, 6.45) is 4.08. The molecule has 3 atom stereocenters. The van der Waals surface area contributed by atoms with Gasteiger partial charge in [0.1, 0.15) is 5.60 Å². The van der Waals surface area contributed by atoms with Gasteiger partial charge < -0.3 is 9.47 Å². The number of hydrogen-bond acceptors (Lipinski definition) is 3. The summed E-state index contributed by atoms with van der Waals surface area (Å²) in [5.41, 5.74) is -0.369. The molecule has 2 fully saturated rings. The maximum absolute atomic E-state index is 11.0. The summed E-state index contributed by atoms with van der Waals surface area (Å²) in [6, 6.07) is 0. The number of rotatable bonds is 2. The molecular formula is C11H18O3. The fourth-order valence-corrected chi connectivity index (χ4v) is 2.82. The molecule has 3 unspecified atom stereocenters. The van der Waals surface area contributed by atoms with Gasteiger partial charge in [0.2, 0.25) is 0 Å². The highest BCUT2D eigenvalue weighted by atomic mass is 16.6. The summed E-state index contributed by atoms with van der Waals surface area (Å²) >= 11 is 0. The second-order valence-electron chi connectivity index (χ2n) is 4.91. The van der Waals surface area contributed by atoms with Crippen molar-refractivity contribution in [2.24, 2.45) is 5.92 Å². The van der Waals surface area contributed by atoms with Crippen molar-refractivity contribution in [1.82, 2.24) is 0 Å². The normalized spacial score (nSPS) is 36.1. The molecule has 0 saturated carbocycles. The Morgan fingerprint density at radius 3 is 2.57 bits per heavy atom. The van der Waals surface area contributed by atoms with Crippen LogP contribution in [0.1, 0.15) is 40.0 Å². The van der Waals surface area contributed by atoms with Gasteiger partial charge in [-0.1, -0.05) is 0 Å². The van der Waals surface area contributed by atoms with Gasteiger partial charge in [-0.3, -0.25) is 4.79 Å². The van der Waals surface area contributed by atoms with E-state index < -0.39 is 0 Å². The molecule has 2 saturated heterocycles. The van der Waals surface area contributed by atoms with Gasteiger partial charge in [-0.05, 0) is 33.1 Å². The standard InChI is InChI=1S/C11H18O3/c1-7(12)14-11(2,3)9-6-8-4-5-10(9)13-8/h8-10H,4-6H2,1-3H3. The predicted molar refractivity (Wildman–Crippen MR) is 51.8 cm³/mol. The topological polar surface area (TPSA) is 35.5 Å². The third kappa shape index (κ3) is 1.65. The van der Waals surface area contributed by atoms with Gasteiger partial charge in [-0.2, -0.15) is 0 Å². The third-order valence-corrected chi connectivity index (χ3v) is 3.41. The van der Waals surface area contributed by atoms with E-state index in [1.54, 1.807) is 0 Å². The van der Waals surface area contributed by atoms with E-state index in [2.05, 4.69) is 0 Å². The zero-order valence-electron chi connectivity index (χ0n) is 9.08. The van der Waals surface area contributed by atoms with Gasteiger partial charge in [0, 0.05) is 12.8 Å². The van der Waals surface area contributed by atoms with E-state index in [0.29, 0.717) is 18.1 Å². The summed E-state index contributed by atoms with van der Waals surface area (Å²) in [7, 11) is 0. The van der Waals surface area contributed by atoms with Crippen LogP contribution < -0.4 is 0 Å². The molecule has 0 aromatic heterocycles.